The molecule has 0 radical (unpaired) electrons. The van der Waals surface area contributed by atoms with E-state index in [9.17, 15) is 4.79 Å². The third kappa shape index (κ3) is 4.17. The standard InChI is InChI=1S/C18H15N3OS/c1-13(22)20-15-7-9-16(10-8-15)23-17-11-12-19-18(21-17)14-5-3-2-4-6-14/h2-12H,1H3,(H,20,22). The number of nitrogens with zero attached hydrogens (tertiary/aromatic N) is 2. The minimum absolute atomic E-state index is 0.0753. The Labute approximate surface area is 139 Å². The van der Waals surface area contributed by atoms with Crippen LogP contribution in [0.3, 0.4) is 0 Å². The zero-order valence-electron chi connectivity index (χ0n) is 12.6. The molecule has 0 aliphatic carbocycles. The maximum atomic E-state index is 11.0. The van der Waals surface area contributed by atoms with E-state index in [0.29, 0.717) is 5.82 Å². The van der Waals surface area contributed by atoms with Crippen molar-refractivity contribution in [2.45, 2.75) is 16.8 Å². The van der Waals surface area contributed by atoms with Gasteiger partial charge in [0.15, 0.2) is 5.82 Å². The van der Waals surface area contributed by atoms with Gasteiger partial charge in [-0.25, -0.2) is 9.97 Å². The molecule has 0 aliphatic heterocycles. The van der Waals surface area contributed by atoms with Gasteiger partial charge in [-0.15, -0.1) is 0 Å². The van der Waals surface area contributed by atoms with Crippen LogP contribution in [0.4, 0.5) is 5.69 Å². The quantitative estimate of drug-likeness (QED) is 0.730. The maximum absolute atomic E-state index is 11.0. The van der Waals surface area contributed by atoms with Gasteiger partial charge in [0.1, 0.15) is 5.03 Å². The first-order chi connectivity index (χ1) is 11.2. The summed E-state index contributed by atoms with van der Waals surface area (Å²) in [6.45, 7) is 1.49. The number of anilines is 1. The van der Waals surface area contributed by atoms with Crippen LogP contribution in [0.15, 0.2) is 76.8 Å². The third-order valence-corrected chi connectivity index (χ3v) is 4.00. The summed E-state index contributed by atoms with van der Waals surface area (Å²) in [5, 5.41) is 3.63. The van der Waals surface area contributed by atoms with Crippen LogP contribution < -0.4 is 5.32 Å². The fourth-order valence-electron chi connectivity index (χ4n) is 2.06. The van der Waals surface area contributed by atoms with Gasteiger partial charge < -0.3 is 5.32 Å². The Kier molecular flexibility index (Phi) is 4.68. The molecule has 1 heterocycles. The number of hydrogen-bond donors (Lipinski definition) is 1. The van der Waals surface area contributed by atoms with Crippen molar-refractivity contribution in [3.63, 3.8) is 0 Å². The lowest BCUT2D eigenvalue weighted by Crippen LogP contribution is -2.05. The van der Waals surface area contributed by atoms with Crippen molar-refractivity contribution in [3.05, 3.63) is 66.9 Å². The monoisotopic (exact) mass is 321 g/mol. The highest BCUT2D eigenvalue weighted by Crippen LogP contribution is 2.28. The minimum atomic E-state index is -0.0753. The van der Waals surface area contributed by atoms with Gasteiger partial charge in [0, 0.05) is 29.3 Å². The van der Waals surface area contributed by atoms with Gasteiger partial charge in [-0.1, -0.05) is 42.1 Å². The van der Waals surface area contributed by atoms with Gasteiger partial charge in [0.25, 0.3) is 0 Å². The molecule has 0 unspecified atom stereocenters. The summed E-state index contributed by atoms with van der Waals surface area (Å²) in [5.74, 6) is 0.638. The van der Waals surface area contributed by atoms with Crippen molar-refractivity contribution in [1.82, 2.24) is 9.97 Å². The summed E-state index contributed by atoms with van der Waals surface area (Å²) >= 11 is 1.56. The highest BCUT2D eigenvalue weighted by atomic mass is 32.2. The number of benzene rings is 2. The summed E-state index contributed by atoms with van der Waals surface area (Å²) < 4.78 is 0. The summed E-state index contributed by atoms with van der Waals surface area (Å²) in [5.41, 5.74) is 1.78. The van der Waals surface area contributed by atoms with Gasteiger partial charge >= 0.3 is 0 Å². The average molecular weight is 321 g/mol. The molecule has 0 spiro atoms. The fourth-order valence-corrected chi connectivity index (χ4v) is 2.83. The van der Waals surface area contributed by atoms with E-state index in [-0.39, 0.29) is 5.91 Å². The van der Waals surface area contributed by atoms with Gasteiger partial charge in [0.2, 0.25) is 5.91 Å². The molecule has 23 heavy (non-hydrogen) atoms. The Balaban J connectivity index is 1.77. The highest BCUT2D eigenvalue weighted by Gasteiger charge is 2.04. The van der Waals surface area contributed by atoms with Gasteiger partial charge in [-0.05, 0) is 30.3 Å². The molecule has 2 aromatic carbocycles. The van der Waals surface area contributed by atoms with Crippen molar-refractivity contribution in [3.8, 4) is 11.4 Å². The maximum Gasteiger partial charge on any atom is 0.221 e. The van der Waals surface area contributed by atoms with Crippen LogP contribution in [-0.4, -0.2) is 15.9 Å². The molecule has 5 heteroatoms. The van der Waals surface area contributed by atoms with E-state index in [4.69, 9.17) is 0 Å². The van der Waals surface area contributed by atoms with E-state index in [1.54, 1.807) is 18.0 Å². The number of hydrogen-bond acceptors (Lipinski definition) is 4. The molecule has 3 aromatic rings. The van der Waals surface area contributed by atoms with Crippen LogP contribution in [0.1, 0.15) is 6.92 Å². The van der Waals surface area contributed by atoms with E-state index in [1.165, 1.54) is 6.92 Å². The number of rotatable bonds is 4. The Morgan fingerprint density at radius 2 is 1.74 bits per heavy atom. The SMILES string of the molecule is CC(=O)Nc1ccc(Sc2ccnc(-c3ccccc3)n2)cc1. The van der Waals surface area contributed by atoms with E-state index in [0.717, 1.165) is 21.2 Å². The molecule has 0 aliphatic rings. The van der Waals surface area contributed by atoms with Crippen molar-refractivity contribution in [1.29, 1.82) is 0 Å². The summed E-state index contributed by atoms with van der Waals surface area (Å²) in [6, 6.07) is 19.5. The van der Waals surface area contributed by atoms with Crippen LogP contribution in [0.25, 0.3) is 11.4 Å². The number of amides is 1. The lowest BCUT2D eigenvalue weighted by atomic mass is 10.2. The lowest BCUT2D eigenvalue weighted by molar-refractivity contribution is -0.114. The van der Waals surface area contributed by atoms with Gasteiger partial charge in [0.05, 0.1) is 0 Å². The first-order valence-corrected chi connectivity index (χ1v) is 7.96. The molecule has 0 fully saturated rings. The second-order valence-electron chi connectivity index (χ2n) is 4.89. The third-order valence-electron chi connectivity index (χ3n) is 3.06. The Bertz CT molecular complexity index is 804. The zero-order valence-corrected chi connectivity index (χ0v) is 13.4. The van der Waals surface area contributed by atoms with Crippen LogP contribution in [0.5, 0.6) is 0 Å². The second-order valence-corrected chi connectivity index (χ2v) is 5.99. The molecule has 0 saturated carbocycles. The van der Waals surface area contributed by atoms with Gasteiger partial charge in [-0.2, -0.15) is 0 Å². The lowest BCUT2D eigenvalue weighted by Gasteiger charge is -2.05. The molecule has 4 nitrogen and oxygen atoms in total. The van der Waals surface area contributed by atoms with Crippen molar-refractivity contribution in [2.24, 2.45) is 0 Å². The van der Waals surface area contributed by atoms with E-state index < -0.39 is 0 Å². The largest absolute Gasteiger partial charge is 0.326 e. The van der Waals surface area contributed by atoms with E-state index >= 15 is 0 Å². The predicted octanol–water partition coefficient (Wildman–Crippen LogP) is 4.25. The van der Waals surface area contributed by atoms with E-state index in [2.05, 4.69) is 15.3 Å². The first-order valence-electron chi connectivity index (χ1n) is 7.15. The molecule has 1 aromatic heterocycles. The first kappa shape index (κ1) is 15.2. The summed E-state index contributed by atoms with van der Waals surface area (Å²) in [7, 11) is 0. The van der Waals surface area contributed by atoms with Crippen molar-refractivity contribution < 1.29 is 4.79 Å². The number of aromatic nitrogens is 2. The van der Waals surface area contributed by atoms with Crippen LogP contribution in [0.2, 0.25) is 0 Å². The predicted molar refractivity (Wildman–Crippen MR) is 92.3 cm³/mol. The smallest absolute Gasteiger partial charge is 0.221 e. The average Bonchev–Trinajstić information content (AvgIpc) is 2.57. The van der Waals surface area contributed by atoms with Crippen molar-refractivity contribution in [2.75, 3.05) is 5.32 Å². The Morgan fingerprint density at radius 3 is 2.43 bits per heavy atom. The number of carbonyl (C=O) groups is 1. The molecular formula is C18H15N3OS. The normalized spacial score (nSPS) is 10.3. The minimum Gasteiger partial charge on any atom is -0.326 e. The van der Waals surface area contributed by atoms with Crippen molar-refractivity contribution >= 4 is 23.4 Å². The van der Waals surface area contributed by atoms with Gasteiger partial charge in [-0.3, -0.25) is 4.79 Å². The zero-order chi connectivity index (χ0) is 16.1. The summed E-state index contributed by atoms with van der Waals surface area (Å²) in [6.07, 6.45) is 1.77. The fraction of sp³-hybridized carbons (Fsp3) is 0.0556. The van der Waals surface area contributed by atoms with Crippen LogP contribution in [-0.2, 0) is 4.79 Å². The number of nitrogens with one attached hydrogen (secondary N) is 1. The summed E-state index contributed by atoms with van der Waals surface area (Å²) in [4.78, 5) is 21.0. The molecule has 1 amide bonds. The number of carbonyl (C=O) groups excluding carboxylic acids is 1. The highest BCUT2D eigenvalue weighted by molar-refractivity contribution is 7.99. The molecular weight excluding hydrogens is 306 g/mol. The van der Waals surface area contributed by atoms with Crippen LogP contribution in [0, 0.1) is 0 Å². The molecule has 0 saturated heterocycles. The Morgan fingerprint density at radius 1 is 1.00 bits per heavy atom. The molecule has 0 atom stereocenters. The second kappa shape index (κ2) is 7.07. The molecule has 0 bridgehead atoms. The van der Waals surface area contributed by atoms with E-state index in [1.807, 2.05) is 60.7 Å². The Hall–Kier alpha value is -2.66. The molecule has 114 valence electrons. The van der Waals surface area contributed by atoms with Crippen LogP contribution >= 0.6 is 11.8 Å². The topological polar surface area (TPSA) is 54.9 Å². The molecule has 3 rings (SSSR count). The molecule has 1 N–H and O–H groups in total.